The fraction of sp³-hybridized carbons (Fsp3) is 0.462. The van der Waals surface area contributed by atoms with Crippen LogP contribution < -0.4 is 4.74 Å². The molecule has 1 aliphatic rings. The number of hydrogen-bond donors (Lipinski definition) is 1. The predicted octanol–water partition coefficient (Wildman–Crippen LogP) is 1.60. The normalized spacial score (nSPS) is 20.4. The molecular weight excluding hydrogens is 218 g/mol. The van der Waals surface area contributed by atoms with Crippen LogP contribution in [0.3, 0.4) is 0 Å². The molecule has 0 bridgehead atoms. The average Bonchev–Trinajstić information content (AvgIpc) is 2.79. The number of benzene rings is 1. The van der Waals surface area contributed by atoms with Crippen LogP contribution in [0.2, 0.25) is 0 Å². The summed E-state index contributed by atoms with van der Waals surface area (Å²) < 4.78 is 5.10. The maximum Gasteiger partial charge on any atom is 0.307 e. The number of carboxylic acids is 1. The molecule has 0 radical (unpaired) electrons. The number of carboxylic acid groups (broad SMARTS) is 1. The fourth-order valence-electron chi connectivity index (χ4n) is 2.17. The van der Waals surface area contributed by atoms with E-state index in [1.165, 1.54) is 5.56 Å². The fourth-order valence-corrected chi connectivity index (χ4v) is 2.17. The molecule has 0 spiro atoms. The maximum atomic E-state index is 10.8. The number of aliphatic carboxylic acids is 1. The molecule has 0 aromatic heterocycles. The predicted molar refractivity (Wildman–Crippen MR) is 64.0 cm³/mol. The van der Waals surface area contributed by atoms with Crippen molar-refractivity contribution in [3.05, 3.63) is 29.8 Å². The highest BCUT2D eigenvalue weighted by molar-refractivity contribution is 5.70. The van der Waals surface area contributed by atoms with Crippen molar-refractivity contribution in [1.82, 2.24) is 4.90 Å². The third-order valence-corrected chi connectivity index (χ3v) is 3.19. The monoisotopic (exact) mass is 235 g/mol. The maximum absolute atomic E-state index is 10.8. The number of nitrogens with zero attached hydrogens (tertiary/aromatic N) is 1. The van der Waals surface area contributed by atoms with Gasteiger partial charge >= 0.3 is 5.97 Å². The summed E-state index contributed by atoms with van der Waals surface area (Å²) in [6.07, 6.45) is 0.755. The zero-order valence-electron chi connectivity index (χ0n) is 9.93. The highest BCUT2D eigenvalue weighted by Crippen LogP contribution is 2.20. The molecule has 4 heteroatoms. The van der Waals surface area contributed by atoms with Gasteiger partial charge in [-0.25, -0.2) is 0 Å². The lowest BCUT2D eigenvalue weighted by Crippen LogP contribution is -2.22. The van der Waals surface area contributed by atoms with E-state index in [1.807, 2.05) is 24.3 Å². The van der Waals surface area contributed by atoms with Crippen molar-refractivity contribution in [1.29, 1.82) is 0 Å². The van der Waals surface area contributed by atoms with Gasteiger partial charge in [0.2, 0.25) is 0 Å². The van der Waals surface area contributed by atoms with Crippen LogP contribution >= 0.6 is 0 Å². The zero-order valence-corrected chi connectivity index (χ0v) is 9.93. The van der Waals surface area contributed by atoms with Crippen molar-refractivity contribution < 1.29 is 14.6 Å². The Kier molecular flexibility index (Phi) is 3.64. The van der Waals surface area contributed by atoms with Crippen molar-refractivity contribution in [3.8, 4) is 5.75 Å². The second-order valence-corrected chi connectivity index (χ2v) is 4.41. The van der Waals surface area contributed by atoms with Gasteiger partial charge in [0.15, 0.2) is 0 Å². The Morgan fingerprint density at radius 1 is 1.47 bits per heavy atom. The zero-order chi connectivity index (χ0) is 12.3. The van der Waals surface area contributed by atoms with Crippen LogP contribution in [0.4, 0.5) is 0 Å². The molecule has 1 heterocycles. The summed E-state index contributed by atoms with van der Waals surface area (Å²) in [5.41, 5.74) is 1.19. The minimum Gasteiger partial charge on any atom is -0.497 e. The Labute approximate surface area is 101 Å². The van der Waals surface area contributed by atoms with E-state index < -0.39 is 5.97 Å². The first-order chi connectivity index (χ1) is 8.19. The van der Waals surface area contributed by atoms with Gasteiger partial charge in [-0.2, -0.15) is 0 Å². The Hall–Kier alpha value is -1.55. The minimum atomic E-state index is -0.678. The summed E-state index contributed by atoms with van der Waals surface area (Å²) in [5, 5.41) is 8.92. The van der Waals surface area contributed by atoms with E-state index in [-0.39, 0.29) is 5.92 Å². The van der Waals surface area contributed by atoms with Gasteiger partial charge in [-0.05, 0) is 30.7 Å². The van der Waals surface area contributed by atoms with Gasteiger partial charge in [-0.3, -0.25) is 9.69 Å². The van der Waals surface area contributed by atoms with E-state index in [9.17, 15) is 4.79 Å². The van der Waals surface area contributed by atoms with Crippen LogP contribution in [0.15, 0.2) is 24.3 Å². The van der Waals surface area contributed by atoms with Crippen molar-refractivity contribution in [3.63, 3.8) is 0 Å². The number of hydrogen-bond acceptors (Lipinski definition) is 3. The van der Waals surface area contributed by atoms with Crippen molar-refractivity contribution in [2.45, 2.75) is 13.0 Å². The second-order valence-electron chi connectivity index (χ2n) is 4.41. The molecule has 4 nitrogen and oxygen atoms in total. The van der Waals surface area contributed by atoms with Gasteiger partial charge in [-0.1, -0.05) is 12.1 Å². The Morgan fingerprint density at radius 2 is 2.18 bits per heavy atom. The van der Waals surface area contributed by atoms with Crippen LogP contribution in [-0.4, -0.2) is 36.2 Å². The molecule has 0 amide bonds. The van der Waals surface area contributed by atoms with Crippen LogP contribution in [0, 0.1) is 5.92 Å². The van der Waals surface area contributed by atoms with Crippen molar-refractivity contribution >= 4 is 5.97 Å². The van der Waals surface area contributed by atoms with E-state index in [1.54, 1.807) is 7.11 Å². The molecular formula is C13H17NO3. The third-order valence-electron chi connectivity index (χ3n) is 3.19. The van der Waals surface area contributed by atoms with E-state index >= 15 is 0 Å². The van der Waals surface area contributed by atoms with Gasteiger partial charge in [-0.15, -0.1) is 0 Å². The molecule has 1 aliphatic heterocycles. The van der Waals surface area contributed by atoms with Gasteiger partial charge in [0.05, 0.1) is 13.0 Å². The quantitative estimate of drug-likeness (QED) is 0.861. The molecule has 1 unspecified atom stereocenters. The van der Waals surface area contributed by atoms with Gasteiger partial charge in [0.25, 0.3) is 0 Å². The van der Waals surface area contributed by atoms with Crippen LogP contribution in [-0.2, 0) is 11.3 Å². The Morgan fingerprint density at radius 3 is 2.71 bits per heavy atom. The lowest BCUT2D eigenvalue weighted by Gasteiger charge is -2.15. The van der Waals surface area contributed by atoms with Gasteiger partial charge in [0.1, 0.15) is 5.75 Å². The molecule has 1 aromatic carbocycles. The first-order valence-corrected chi connectivity index (χ1v) is 5.77. The van der Waals surface area contributed by atoms with Gasteiger partial charge in [0, 0.05) is 13.1 Å². The second kappa shape index (κ2) is 5.19. The number of carbonyl (C=O) groups is 1. The molecule has 1 N–H and O–H groups in total. The summed E-state index contributed by atoms with van der Waals surface area (Å²) in [5.74, 6) is -0.0333. The third kappa shape index (κ3) is 2.97. The highest BCUT2D eigenvalue weighted by atomic mass is 16.5. The number of methoxy groups -OCH3 is 1. The Balaban J connectivity index is 1.91. The molecule has 0 aliphatic carbocycles. The molecule has 92 valence electrons. The summed E-state index contributed by atoms with van der Waals surface area (Å²) in [6.45, 7) is 2.33. The van der Waals surface area contributed by atoms with Gasteiger partial charge < -0.3 is 9.84 Å². The first-order valence-electron chi connectivity index (χ1n) is 5.77. The van der Waals surface area contributed by atoms with E-state index in [0.717, 1.165) is 25.3 Å². The van der Waals surface area contributed by atoms with Crippen molar-refractivity contribution in [2.24, 2.45) is 5.92 Å². The SMILES string of the molecule is COc1ccc(CN2CCC(C(=O)O)C2)cc1. The van der Waals surface area contributed by atoms with Crippen LogP contribution in [0.25, 0.3) is 0 Å². The lowest BCUT2D eigenvalue weighted by atomic mass is 10.1. The molecule has 1 saturated heterocycles. The van der Waals surface area contributed by atoms with E-state index in [4.69, 9.17) is 9.84 Å². The largest absolute Gasteiger partial charge is 0.497 e. The average molecular weight is 235 g/mol. The molecule has 1 aromatic rings. The summed E-state index contributed by atoms with van der Waals surface area (Å²) >= 11 is 0. The molecule has 17 heavy (non-hydrogen) atoms. The molecule has 1 fully saturated rings. The molecule has 0 saturated carbocycles. The van der Waals surface area contributed by atoms with E-state index in [2.05, 4.69) is 4.90 Å². The van der Waals surface area contributed by atoms with Crippen LogP contribution in [0.5, 0.6) is 5.75 Å². The van der Waals surface area contributed by atoms with Crippen LogP contribution in [0.1, 0.15) is 12.0 Å². The smallest absolute Gasteiger partial charge is 0.307 e. The number of ether oxygens (including phenoxy) is 1. The number of likely N-dealkylation sites (tertiary alicyclic amines) is 1. The summed E-state index contributed by atoms with van der Waals surface area (Å²) in [7, 11) is 1.65. The molecule has 2 rings (SSSR count). The standard InChI is InChI=1S/C13H17NO3/c1-17-12-4-2-10(3-5-12)8-14-7-6-11(9-14)13(15)16/h2-5,11H,6-9H2,1H3,(H,15,16). The topological polar surface area (TPSA) is 49.8 Å². The van der Waals surface area contributed by atoms with E-state index in [0.29, 0.717) is 6.54 Å². The summed E-state index contributed by atoms with van der Waals surface area (Å²) in [6, 6.07) is 7.90. The summed E-state index contributed by atoms with van der Waals surface area (Å²) in [4.78, 5) is 13.0. The molecule has 1 atom stereocenters. The first kappa shape index (κ1) is 11.9. The Bertz CT molecular complexity index is 388. The van der Waals surface area contributed by atoms with Crippen molar-refractivity contribution in [2.75, 3.05) is 20.2 Å². The minimum absolute atomic E-state index is 0.201. The lowest BCUT2D eigenvalue weighted by molar-refractivity contribution is -0.141. The highest BCUT2D eigenvalue weighted by Gasteiger charge is 2.27. The number of rotatable bonds is 4.